The fourth-order valence-corrected chi connectivity index (χ4v) is 4.13. The zero-order chi connectivity index (χ0) is 19.5. The molecule has 0 spiro atoms. The molecule has 6 heteroatoms. The van der Waals surface area contributed by atoms with Gasteiger partial charge in [-0.2, -0.15) is 0 Å². The number of nitrogens with zero attached hydrogens (tertiary/aromatic N) is 3. The molecule has 0 bridgehead atoms. The van der Waals surface area contributed by atoms with Gasteiger partial charge in [-0.05, 0) is 11.5 Å². The zero-order valence-corrected chi connectivity index (χ0v) is 16.3. The Hall–Kier alpha value is -2.44. The van der Waals surface area contributed by atoms with Crippen molar-refractivity contribution in [1.82, 2.24) is 9.80 Å². The van der Waals surface area contributed by atoms with Crippen LogP contribution in [0.3, 0.4) is 0 Å². The third kappa shape index (κ3) is 3.88. The number of fused-ring (bicyclic) bond motifs is 1. The van der Waals surface area contributed by atoms with Crippen molar-refractivity contribution in [1.29, 1.82) is 0 Å². The smallest absolute Gasteiger partial charge is 0.232 e. The lowest BCUT2D eigenvalue weighted by atomic mass is 10.0. The molecule has 2 aromatic rings. The summed E-state index contributed by atoms with van der Waals surface area (Å²) in [7, 11) is 1.81. The van der Waals surface area contributed by atoms with Crippen LogP contribution < -0.4 is 4.90 Å². The van der Waals surface area contributed by atoms with Crippen LogP contribution in [0.4, 0.5) is 5.69 Å². The SMILES string of the molecule is CN(C(=O)C1CC(=O)N(CCN2CCOCC2)C1)c1cccc2ccccc12. The average Bonchev–Trinajstić information content (AvgIpc) is 3.12. The fraction of sp³-hybridized carbons (Fsp3) is 0.455. The van der Waals surface area contributed by atoms with E-state index in [0.717, 1.165) is 49.3 Å². The Morgan fingerprint density at radius 3 is 2.68 bits per heavy atom. The normalized spacial score (nSPS) is 20.7. The zero-order valence-electron chi connectivity index (χ0n) is 16.3. The second-order valence-corrected chi connectivity index (χ2v) is 7.59. The van der Waals surface area contributed by atoms with Crippen molar-refractivity contribution in [2.45, 2.75) is 6.42 Å². The molecular weight excluding hydrogens is 354 g/mol. The van der Waals surface area contributed by atoms with E-state index in [4.69, 9.17) is 4.74 Å². The summed E-state index contributed by atoms with van der Waals surface area (Å²) in [6.45, 7) is 5.37. The number of carbonyl (C=O) groups is 2. The fourth-order valence-electron chi connectivity index (χ4n) is 4.13. The van der Waals surface area contributed by atoms with E-state index in [1.54, 1.807) is 4.90 Å². The predicted molar refractivity (Wildman–Crippen MR) is 109 cm³/mol. The number of carbonyl (C=O) groups excluding carboxylic acids is 2. The summed E-state index contributed by atoms with van der Waals surface area (Å²) < 4.78 is 5.37. The van der Waals surface area contributed by atoms with E-state index in [1.807, 2.05) is 54.4 Å². The molecule has 0 N–H and O–H groups in total. The van der Waals surface area contributed by atoms with Crippen LogP contribution in [0.15, 0.2) is 42.5 Å². The Morgan fingerprint density at radius 2 is 1.86 bits per heavy atom. The van der Waals surface area contributed by atoms with E-state index >= 15 is 0 Å². The number of benzene rings is 2. The first kappa shape index (κ1) is 18.9. The van der Waals surface area contributed by atoms with Crippen LogP contribution in [-0.4, -0.2) is 74.6 Å². The molecule has 2 amide bonds. The molecular formula is C22H27N3O3. The predicted octanol–water partition coefficient (Wildman–Crippen LogP) is 1.98. The van der Waals surface area contributed by atoms with Gasteiger partial charge >= 0.3 is 0 Å². The number of rotatable bonds is 5. The Labute approximate surface area is 165 Å². The Kier molecular flexibility index (Phi) is 5.59. The molecule has 0 saturated carbocycles. The second kappa shape index (κ2) is 8.29. The molecule has 2 aromatic carbocycles. The minimum atomic E-state index is -0.277. The highest BCUT2D eigenvalue weighted by Gasteiger charge is 2.36. The van der Waals surface area contributed by atoms with Crippen molar-refractivity contribution >= 4 is 28.3 Å². The van der Waals surface area contributed by atoms with E-state index in [9.17, 15) is 9.59 Å². The summed E-state index contributed by atoms with van der Waals surface area (Å²) in [5.74, 6) is -0.183. The van der Waals surface area contributed by atoms with Crippen molar-refractivity contribution in [2.24, 2.45) is 5.92 Å². The molecule has 2 fully saturated rings. The minimum Gasteiger partial charge on any atom is -0.379 e. The lowest BCUT2D eigenvalue weighted by molar-refractivity contribution is -0.128. The molecule has 0 aromatic heterocycles. The summed E-state index contributed by atoms with van der Waals surface area (Å²) >= 11 is 0. The summed E-state index contributed by atoms with van der Waals surface area (Å²) in [6, 6.07) is 14.0. The Balaban J connectivity index is 1.41. The summed E-state index contributed by atoms with van der Waals surface area (Å²) in [6.07, 6.45) is 0.303. The van der Waals surface area contributed by atoms with Gasteiger partial charge in [0.1, 0.15) is 0 Å². The monoisotopic (exact) mass is 381 g/mol. The minimum absolute atomic E-state index is 0.0126. The summed E-state index contributed by atoms with van der Waals surface area (Å²) in [4.78, 5) is 31.4. The van der Waals surface area contributed by atoms with Gasteiger partial charge in [0.2, 0.25) is 11.8 Å². The first-order chi connectivity index (χ1) is 13.6. The largest absolute Gasteiger partial charge is 0.379 e. The van der Waals surface area contributed by atoms with Gasteiger partial charge in [-0.3, -0.25) is 14.5 Å². The number of likely N-dealkylation sites (tertiary alicyclic amines) is 1. The van der Waals surface area contributed by atoms with Crippen molar-refractivity contribution in [2.75, 3.05) is 57.9 Å². The highest BCUT2D eigenvalue weighted by atomic mass is 16.5. The van der Waals surface area contributed by atoms with E-state index in [2.05, 4.69) is 4.90 Å². The molecule has 148 valence electrons. The van der Waals surface area contributed by atoms with Gasteiger partial charge < -0.3 is 14.5 Å². The van der Waals surface area contributed by atoms with E-state index in [-0.39, 0.29) is 17.7 Å². The highest BCUT2D eigenvalue weighted by Crippen LogP contribution is 2.28. The molecule has 0 aliphatic carbocycles. The Morgan fingerprint density at radius 1 is 1.11 bits per heavy atom. The van der Waals surface area contributed by atoms with Crippen LogP contribution in [0, 0.1) is 5.92 Å². The van der Waals surface area contributed by atoms with Gasteiger partial charge in [-0.25, -0.2) is 0 Å². The lowest BCUT2D eigenvalue weighted by Crippen LogP contribution is -2.42. The maximum atomic E-state index is 13.1. The van der Waals surface area contributed by atoms with Crippen LogP contribution in [0.1, 0.15) is 6.42 Å². The third-order valence-electron chi connectivity index (χ3n) is 5.81. The van der Waals surface area contributed by atoms with Gasteiger partial charge in [0.25, 0.3) is 0 Å². The average molecular weight is 381 g/mol. The van der Waals surface area contributed by atoms with Crippen LogP contribution in [-0.2, 0) is 14.3 Å². The molecule has 2 aliphatic heterocycles. The van der Waals surface area contributed by atoms with Crippen molar-refractivity contribution < 1.29 is 14.3 Å². The number of morpholine rings is 1. The standard InChI is InChI=1S/C22H27N3O3/c1-23(20-8-4-6-17-5-2-3-7-19(17)20)22(27)18-15-21(26)25(16-18)10-9-24-11-13-28-14-12-24/h2-8,18H,9-16H2,1H3. The van der Waals surface area contributed by atoms with Crippen LogP contribution in [0.25, 0.3) is 10.8 Å². The van der Waals surface area contributed by atoms with Gasteiger partial charge in [0.05, 0.1) is 24.8 Å². The van der Waals surface area contributed by atoms with Gasteiger partial charge in [-0.15, -0.1) is 0 Å². The third-order valence-corrected chi connectivity index (χ3v) is 5.81. The molecule has 2 heterocycles. The number of amides is 2. The van der Waals surface area contributed by atoms with Crippen LogP contribution in [0.5, 0.6) is 0 Å². The highest BCUT2D eigenvalue weighted by molar-refractivity contribution is 6.05. The lowest BCUT2D eigenvalue weighted by Gasteiger charge is -2.28. The summed E-state index contributed by atoms with van der Waals surface area (Å²) in [5.41, 5.74) is 0.891. The molecule has 0 radical (unpaired) electrons. The molecule has 1 atom stereocenters. The number of ether oxygens (including phenoxy) is 1. The van der Waals surface area contributed by atoms with Crippen LogP contribution >= 0.6 is 0 Å². The number of anilines is 1. The van der Waals surface area contributed by atoms with E-state index in [1.165, 1.54) is 0 Å². The second-order valence-electron chi connectivity index (χ2n) is 7.59. The van der Waals surface area contributed by atoms with Crippen molar-refractivity contribution in [3.05, 3.63) is 42.5 Å². The first-order valence-electron chi connectivity index (χ1n) is 9.96. The maximum absolute atomic E-state index is 13.1. The number of hydrogen-bond donors (Lipinski definition) is 0. The molecule has 2 saturated heterocycles. The van der Waals surface area contributed by atoms with Gasteiger partial charge in [0, 0.05) is 51.6 Å². The molecule has 28 heavy (non-hydrogen) atoms. The number of hydrogen-bond acceptors (Lipinski definition) is 4. The van der Waals surface area contributed by atoms with Crippen molar-refractivity contribution in [3.63, 3.8) is 0 Å². The molecule has 2 aliphatic rings. The molecule has 4 rings (SSSR count). The first-order valence-corrected chi connectivity index (χ1v) is 9.96. The maximum Gasteiger partial charge on any atom is 0.232 e. The van der Waals surface area contributed by atoms with E-state index < -0.39 is 0 Å². The van der Waals surface area contributed by atoms with Gasteiger partial charge in [0.15, 0.2) is 0 Å². The van der Waals surface area contributed by atoms with Gasteiger partial charge in [-0.1, -0.05) is 36.4 Å². The van der Waals surface area contributed by atoms with Crippen LogP contribution in [0.2, 0.25) is 0 Å². The quantitative estimate of drug-likeness (QED) is 0.795. The summed E-state index contributed by atoms with van der Waals surface area (Å²) in [5, 5.41) is 2.16. The molecule has 1 unspecified atom stereocenters. The Bertz CT molecular complexity index is 858. The molecule has 6 nitrogen and oxygen atoms in total. The topological polar surface area (TPSA) is 53.1 Å². The van der Waals surface area contributed by atoms with Crippen molar-refractivity contribution in [3.8, 4) is 0 Å². The van der Waals surface area contributed by atoms with E-state index in [0.29, 0.717) is 19.5 Å².